The third kappa shape index (κ3) is 5.41. The summed E-state index contributed by atoms with van der Waals surface area (Å²) in [5, 5.41) is 3.84. The van der Waals surface area contributed by atoms with Crippen LogP contribution in [0.4, 0.5) is 5.82 Å². The minimum absolute atomic E-state index is 0.00160. The maximum Gasteiger partial charge on any atom is 0.253 e. The Morgan fingerprint density at radius 3 is 2.74 bits per heavy atom. The Labute approximate surface area is 209 Å². The number of thiol groups is 1. The number of nitrogens with one attached hydrogen (secondary N) is 1. The standard InChI is InChI=1S/C26H26N6O2S/c1-17(35)19-11-20(14-27-13-19)26(33)29-16-21-12-24-18(15-28-21)5-6-23(30-24)22-3-2-4-25(31-22)32-7-9-34-10-8-32/h2-6,11-15,17,35H,7-10,16H2,1H3,(H,29,33). The number of carbonyl (C=O) groups excluding carboxylic acids is 1. The number of nitrogens with zero attached hydrogens (tertiary/aromatic N) is 5. The van der Waals surface area contributed by atoms with Gasteiger partial charge in [-0.15, -0.1) is 0 Å². The van der Waals surface area contributed by atoms with Crippen molar-refractivity contribution in [2.75, 3.05) is 31.2 Å². The number of anilines is 1. The lowest BCUT2D eigenvalue weighted by Gasteiger charge is -2.28. The van der Waals surface area contributed by atoms with E-state index in [-0.39, 0.29) is 17.7 Å². The molecule has 0 bridgehead atoms. The summed E-state index contributed by atoms with van der Waals surface area (Å²) in [5.74, 6) is 0.720. The van der Waals surface area contributed by atoms with Crippen LogP contribution in [0.15, 0.2) is 61.1 Å². The molecule has 1 N–H and O–H groups in total. The Balaban J connectivity index is 1.33. The van der Waals surface area contributed by atoms with Gasteiger partial charge in [-0.2, -0.15) is 12.6 Å². The summed E-state index contributed by atoms with van der Waals surface area (Å²) in [7, 11) is 0. The summed E-state index contributed by atoms with van der Waals surface area (Å²) in [5.41, 5.74) is 4.51. The van der Waals surface area contributed by atoms with Crippen molar-refractivity contribution in [3.05, 3.63) is 77.9 Å². The number of amides is 1. The first-order valence-corrected chi connectivity index (χ1v) is 12.1. The van der Waals surface area contributed by atoms with Crippen molar-refractivity contribution < 1.29 is 9.53 Å². The highest BCUT2D eigenvalue weighted by Crippen LogP contribution is 2.23. The van der Waals surface area contributed by atoms with Crippen LogP contribution in [0.5, 0.6) is 0 Å². The molecule has 0 aromatic carbocycles. The number of fused-ring (bicyclic) bond motifs is 1. The van der Waals surface area contributed by atoms with Crippen molar-refractivity contribution in [1.29, 1.82) is 0 Å². The van der Waals surface area contributed by atoms with Crippen molar-refractivity contribution in [1.82, 2.24) is 25.3 Å². The van der Waals surface area contributed by atoms with E-state index in [0.717, 1.165) is 52.5 Å². The minimum Gasteiger partial charge on any atom is -0.378 e. The van der Waals surface area contributed by atoms with Gasteiger partial charge in [0.2, 0.25) is 0 Å². The summed E-state index contributed by atoms with van der Waals surface area (Å²) < 4.78 is 5.45. The van der Waals surface area contributed by atoms with Crippen molar-refractivity contribution in [2.45, 2.75) is 18.7 Å². The SMILES string of the molecule is CC(S)c1cncc(C(=O)NCc2cc3nc(-c4cccc(N5CCOCC5)n4)ccc3cn2)c1. The number of hydrogen-bond acceptors (Lipinski definition) is 8. The quantitative estimate of drug-likeness (QED) is 0.400. The van der Waals surface area contributed by atoms with Gasteiger partial charge in [-0.1, -0.05) is 6.07 Å². The van der Waals surface area contributed by atoms with E-state index in [0.29, 0.717) is 18.8 Å². The molecule has 178 valence electrons. The average molecular weight is 487 g/mol. The molecule has 4 aromatic heterocycles. The molecule has 0 aliphatic carbocycles. The number of morpholine rings is 1. The van der Waals surface area contributed by atoms with Gasteiger partial charge >= 0.3 is 0 Å². The van der Waals surface area contributed by atoms with Crippen molar-refractivity contribution in [3.8, 4) is 11.4 Å². The van der Waals surface area contributed by atoms with Crippen LogP contribution in [0.25, 0.3) is 22.3 Å². The largest absolute Gasteiger partial charge is 0.378 e. The summed E-state index contributed by atoms with van der Waals surface area (Å²) in [6, 6.07) is 13.6. The fourth-order valence-electron chi connectivity index (χ4n) is 3.92. The molecule has 1 unspecified atom stereocenters. The molecule has 0 spiro atoms. The Kier molecular flexibility index (Phi) is 6.87. The zero-order chi connectivity index (χ0) is 24.2. The van der Waals surface area contributed by atoms with E-state index >= 15 is 0 Å². The van der Waals surface area contributed by atoms with E-state index in [1.54, 1.807) is 24.7 Å². The van der Waals surface area contributed by atoms with Crippen LogP contribution in [0.3, 0.4) is 0 Å². The minimum atomic E-state index is -0.207. The second kappa shape index (κ2) is 10.4. The topological polar surface area (TPSA) is 93.1 Å². The first-order valence-electron chi connectivity index (χ1n) is 11.5. The number of ether oxygens (including phenoxy) is 1. The molecule has 5 heterocycles. The molecule has 1 saturated heterocycles. The first kappa shape index (κ1) is 23.2. The van der Waals surface area contributed by atoms with Crippen LogP contribution >= 0.6 is 12.6 Å². The molecule has 8 nitrogen and oxygen atoms in total. The van der Waals surface area contributed by atoms with Crippen LogP contribution in [-0.2, 0) is 11.3 Å². The van der Waals surface area contributed by atoms with E-state index in [4.69, 9.17) is 14.7 Å². The third-order valence-electron chi connectivity index (χ3n) is 5.90. The Morgan fingerprint density at radius 2 is 1.91 bits per heavy atom. The number of carbonyl (C=O) groups is 1. The lowest BCUT2D eigenvalue weighted by atomic mass is 10.1. The zero-order valence-corrected chi connectivity index (χ0v) is 20.3. The van der Waals surface area contributed by atoms with E-state index < -0.39 is 0 Å². The monoisotopic (exact) mass is 486 g/mol. The van der Waals surface area contributed by atoms with E-state index in [1.165, 1.54) is 0 Å². The van der Waals surface area contributed by atoms with Gasteiger partial charge in [-0.25, -0.2) is 9.97 Å². The molecule has 4 aromatic rings. The molecule has 35 heavy (non-hydrogen) atoms. The molecular formula is C26H26N6O2S. The van der Waals surface area contributed by atoms with Crippen LogP contribution in [-0.4, -0.2) is 52.1 Å². The Morgan fingerprint density at radius 1 is 1.09 bits per heavy atom. The second-order valence-electron chi connectivity index (χ2n) is 8.41. The fourth-order valence-corrected chi connectivity index (χ4v) is 4.06. The predicted molar refractivity (Wildman–Crippen MR) is 139 cm³/mol. The van der Waals surface area contributed by atoms with Gasteiger partial charge in [0.15, 0.2) is 0 Å². The summed E-state index contributed by atoms with van der Waals surface area (Å²) in [4.78, 5) is 33.1. The summed E-state index contributed by atoms with van der Waals surface area (Å²) in [6.45, 7) is 5.31. The van der Waals surface area contributed by atoms with Gasteiger partial charge in [0.05, 0.1) is 47.9 Å². The van der Waals surface area contributed by atoms with Gasteiger partial charge < -0.3 is 15.0 Å². The molecule has 1 aliphatic rings. The molecule has 1 fully saturated rings. The number of pyridine rings is 4. The first-order chi connectivity index (χ1) is 17.1. The highest BCUT2D eigenvalue weighted by molar-refractivity contribution is 7.80. The number of aromatic nitrogens is 4. The van der Waals surface area contributed by atoms with Gasteiger partial charge in [0.25, 0.3) is 5.91 Å². The van der Waals surface area contributed by atoms with Gasteiger partial charge in [0, 0.05) is 42.3 Å². The van der Waals surface area contributed by atoms with Crippen LogP contribution in [0.1, 0.15) is 33.8 Å². The molecule has 1 atom stereocenters. The van der Waals surface area contributed by atoms with E-state index in [9.17, 15) is 4.79 Å². The van der Waals surface area contributed by atoms with Crippen molar-refractivity contribution in [2.24, 2.45) is 0 Å². The van der Waals surface area contributed by atoms with Crippen LogP contribution in [0, 0.1) is 0 Å². The fraction of sp³-hybridized carbons (Fsp3) is 0.269. The molecule has 1 amide bonds. The average Bonchev–Trinajstić information content (AvgIpc) is 2.92. The number of rotatable bonds is 6. The molecule has 0 radical (unpaired) electrons. The van der Waals surface area contributed by atoms with Gasteiger partial charge in [-0.05, 0) is 48.9 Å². The normalized spacial score (nSPS) is 14.6. The molecule has 1 aliphatic heterocycles. The molecule has 0 saturated carbocycles. The summed E-state index contributed by atoms with van der Waals surface area (Å²) >= 11 is 4.41. The van der Waals surface area contributed by atoms with Gasteiger partial charge in [0.1, 0.15) is 5.82 Å². The zero-order valence-electron chi connectivity index (χ0n) is 19.4. The molecular weight excluding hydrogens is 460 g/mol. The van der Waals surface area contributed by atoms with Crippen molar-refractivity contribution in [3.63, 3.8) is 0 Å². The smallest absolute Gasteiger partial charge is 0.253 e. The highest BCUT2D eigenvalue weighted by Gasteiger charge is 2.14. The Hall–Kier alpha value is -3.56. The maximum atomic E-state index is 12.6. The predicted octanol–water partition coefficient (Wildman–Crippen LogP) is 3.84. The van der Waals surface area contributed by atoms with Gasteiger partial charge in [-0.3, -0.25) is 14.8 Å². The lowest BCUT2D eigenvalue weighted by molar-refractivity contribution is 0.0950. The van der Waals surface area contributed by atoms with E-state index in [1.807, 2.05) is 43.3 Å². The Bertz CT molecular complexity index is 1360. The highest BCUT2D eigenvalue weighted by atomic mass is 32.1. The van der Waals surface area contributed by atoms with Crippen molar-refractivity contribution >= 4 is 35.3 Å². The molecule has 5 rings (SSSR count). The molecule has 9 heteroatoms. The lowest BCUT2D eigenvalue weighted by Crippen LogP contribution is -2.36. The van der Waals surface area contributed by atoms with Crippen LogP contribution < -0.4 is 10.2 Å². The maximum absolute atomic E-state index is 12.6. The number of hydrogen-bond donors (Lipinski definition) is 2. The van der Waals surface area contributed by atoms with E-state index in [2.05, 4.69) is 32.8 Å². The second-order valence-corrected chi connectivity index (χ2v) is 9.19. The van der Waals surface area contributed by atoms with Crippen LogP contribution in [0.2, 0.25) is 0 Å². The summed E-state index contributed by atoms with van der Waals surface area (Å²) in [6.07, 6.45) is 5.04. The third-order valence-corrected chi connectivity index (χ3v) is 6.19.